The maximum atomic E-state index is 12.9. The molecule has 154 valence electrons. The van der Waals surface area contributed by atoms with Gasteiger partial charge in [-0.1, -0.05) is 42.4 Å². The molecule has 2 atom stereocenters. The summed E-state index contributed by atoms with van der Waals surface area (Å²) in [7, 11) is -4.15. The number of thiophene rings is 1. The molecule has 10 heteroatoms. The highest BCUT2D eigenvalue weighted by Crippen LogP contribution is 2.34. The molecule has 0 unspecified atom stereocenters. The molecule has 0 saturated carbocycles. The minimum atomic E-state index is -4.15. The van der Waals surface area contributed by atoms with Crippen molar-refractivity contribution in [3.05, 3.63) is 59.9 Å². The van der Waals surface area contributed by atoms with E-state index in [0.29, 0.717) is 16.1 Å². The fourth-order valence-electron chi connectivity index (χ4n) is 2.82. The van der Waals surface area contributed by atoms with Crippen LogP contribution >= 0.6 is 11.3 Å². The maximum absolute atomic E-state index is 12.9. The van der Waals surface area contributed by atoms with E-state index in [2.05, 4.69) is 9.88 Å². The third kappa shape index (κ3) is 4.24. The molecule has 0 saturated heterocycles. The van der Waals surface area contributed by atoms with Gasteiger partial charge in [0.1, 0.15) is 22.1 Å². The van der Waals surface area contributed by atoms with Crippen molar-refractivity contribution in [2.75, 3.05) is 0 Å². The summed E-state index contributed by atoms with van der Waals surface area (Å²) in [4.78, 5) is 12.5. The molecule has 2 aromatic heterocycles. The number of nitrogens with zero attached hydrogens (tertiary/aromatic N) is 1. The Hall–Kier alpha value is -2.56. The van der Waals surface area contributed by atoms with Crippen LogP contribution in [0.1, 0.15) is 31.1 Å². The lowest BCUT2D eigenvalue weighted by atomic mass is 9.83. The van der Waals surface area contributed by atoms with Gasteiger partial charge in [-0.2, -0.15) is 4.72 Å². The predicted molar refractivity (Wildman–Crippen MR) is 106 cm³/mol. The number of benzene rings is 1. The van der Waals surface area contributed by atoms with Gasteiger partial charge in [0.05, 0.1) is 4.88 Å². The summed E-state index contributed by atoms with van der Waals surface area (Å²) >= 11 is 0.888. The summed E-state index contributed by atoms with van der Waals surface area (Å²) in [5.74, 6) is -1.90. The maximum Gasteiger partial charge on any atom is 0.325 e. The lowest BCUT2D eigenvalue weighted by Crippen LogP contribution is -2.55. The van der Waals surface area contributed by atoms with Gasteiger partial charge in [-0.3, -0.25) is 4.79 Å². The highest BCUT2D eigenvalue weighted by Gasteiger charge is 2.43. The molecule has 29 heavy (non-hydrogen) atoms. The molecular formula is C19H19FN2O5S2. The Morgan fingerprint density at radius 3 is 2.59 bits per heavy atom. The largest absolute Gasteiger partial charge is 0.480 e. The van der Waals surface area contributed by atoms with Crippen LogP contribution in [0.4, 0.5) is 4.39 Å². The number of nitrogens with one attached hydrogen (secondary N) is 1. The van der Waals surface area contributed by atoms with Crippen LogP contribution in [0.15, 0.2) is 57.3 Å². The molecular weight excluding hydrogens is 419 g/mol. The van der Waals surface area contributed by atoms with Gasteiger partial charge in [-0.25, -0.2) is 12.8 Å². The van der Waals surface area contributed by atoms with E-state index in [4.69, 9.17) is 4.52 Å². The Morgan fingerprint density at radius 1 is 1.31 bits per heavy atom. The van der Waals surface area contributed by atoms with Crippen molar-refractivity contribution in [2.24, 2.45) is 0 Å². The van der Waals surface area contributed by atoms with E-state index in [1.807, 2.05) is 0 Å². The van der Waals surface area contributed by atoms with Gasteiger partial charge >= 0.3 is 5.97 Å². The highest BCUT2D eigenvalue weighted by atomic mass is 32.2. The molecule has 2 N–H and O–H groups in total. The second-order valence-electron chi connectivity index (χ2n) is 6.68. The first kappa shape index (κ1) is 21.2. The number of carboxylic acid groups (broad SMARTS) is 1. The van der Waals surface area contributed by atoms with Gasteiger partial charge in [0.2, 0.25) is 0 Å². The first-order chi connectivity index (χ1) is 13.7. The Morgan fingerprint density at radius 2 is 2.00 bits per heavy atom. The molecule has 0 amide bonds. The van der Waals surface area contributed by atoms with Crippen LogP contribution in [0, 0.1) is 0 Å². The number of halogens is 1. The van der Waals surface area contributed by atoms with E-state index >= 15 is 0 Å². The number of sulfonamides is 1. The Bertz CT molecular complexity index is 1110. The van der Waals surface area contributed by atoms with Crippen LogP contribution in [-0.4, -0.2) is 30.2 Å². The highest BCUT2D eigenvalue weighted by molar-refractivity contribution is 7.91. The third-order valence-electron chi connectivity index (χ3n) is 4.75. The van der Waals surface area contributed by atoms with Crippen LogP contribution in [-0.2, 0) is 21.5 Å². The van der Waals surface area contributed by atoms with Crippen molar-refractivity contribution >= 4 is 27.3 Å². The SMILES string of the molecule is C[C@H](c1ccccc1)[C@](C)(NS(=O)(=O)c1ccc(-c2cc(CF)on2)s1)C(=O)O. The monoisotopic (exact) mass is 438 g/mol. The minimum absolute atomic E-state index is 0.0334. The number of rotatable bonds is 8. The molecule has 1 aromatic carbocycles. The molecule has 3 rings (SSSR count). The van der Waals surface area contributed by atoms with Crippen molar-refractivity contribution in [3.63, 3.8) is 0 Å². The number of alkyl halides is 1. The molecule has 0 aliphatic carbocycles. The lowest BCUT2D eigenvalue weighted by molar-refractivity contribution is -0.144. The van der Waals surface area contributed by atoms with Gasteiger partial charge in [-0.05, 0) is 24.6 Å². The molecule has 0 fully saturated rings. The van der Waals surface area contributed by atoms with Crippen LogP contribution in [0.5, 0.6) is 0 Å². The molecule has 0 aliphatic heterocycles. The first-order valence-electron chi connectivity index (χ1n) is 8.61. The normalized spacial score (nSPS) is 15.0. The van der Waals surface area contributed by atoms with Crippen molar-refractivity contribution in [1.29, 1.82) is 0 Å². The second-order valence-corrected chi connectivity index (χ2v) is 9.67. The molecule has 7 nitrogen and oxygen atoms in total. The lowest BCUT2D eigenvalue weighted by Gasteiger charge is -2.32. The van der Waals surface area contributed by atoms with E-state index in [1.165, 1.54) is 25.1 Å². The summed E-state index contributed by atoms with van der Waals surface area (Å²) in [6.45, 7) is 2.17. The van der Waals surface area contributed by atoms with Gasteiger partial charge in [-0.15, -0.1) is 11.3 Å². The zero-order valence-electron chi connectivity index (χ0n) is 15.6. The molecule has 2 heterocycles. The summed E-state index contributed by atoms with van der Waals surface area (Å²) in [6.07, 6.45) is 0. The summed E-state index contributed by atoms with van der Waals surface area (Å²) in [5, 5.41) is 13.5. The van der Waals surface area contributed by atoms with Crippen LogP contribution < -0.4 is 4.72 Å². The number of aliphatic carboxylic acids is 1. The summed E-state index contributed by atoms with van der Waals surface area (Å²) in [6, 6.07) is 13.1. The van der Waals surface area contributed by atoms with E-state index < -0.39 is 34.1 Å². The van der Waals surface area contributed by atoms with Gasteiger partial charge in [0.15, 0.2) is 5.76 Å². The van der Waals surface area contributed by atoms with Crippen molar-refractivity contribution in [3.8, 4) is 10.6 Å². The Kier molecular flexibility index (Phi) is 5.87. The Balaban J connectivity index is 1.91. The molecule has 3 aromatic rings. The van der Waals surface area contributed by atoms with E-state index in [-0.39, 0.29) is 9.97 Å². The molecule has 0 radical (unpaired) electrons. The van der Waals surface area contributed by atoms with E-state index in [0.717, 1.165) is 11.3 Å². The molecule has 0 spiro atoms. The van der Waals surface area contributed by atoms with E-state index in [1.54, 1.807) is 37.3 Å². The number of hydrogen-bond donors (Lipinski definition) is 2. The zero-order chi connectivity index (χ0) is 21.2. The fourth-order valence-corrected chi connectivity index (χ4v) is 5.51. The van der Waals surface area contributed by atoms with E-state index in [9.17, 15) is 22.7 Å². The number of hydrogen-bond acceptors (Lipinski definition) is 6. The summed E-state index contributed by atoms with van der Waals surface area (Å²) < 4.78 is 45.5. The van der Waals surface area contributed by atoms with Gasteiger partial charge in [0, 0.05) is 12.0 Å². The smallest absolute Gasteiger partial charge is 0.325 e. The molecule has 0 bridgehead atoms. The molecule has 0 aliphatic rings. The fraction of sp³-hybridized carbons (Fsp3) is 0.263. The quantitative estimate of drug-likeness (QED) is 0.554. The average Bonchev–Trinajstić information content (AvgIpc) is 3.37. The number of aromatic nitrogens is 1. The van der Waals surface area contributed by atoms with Gasteiger partial charge in [0.25, 0.3) is 10.0 Å². The van der Waals surface area contributed by atoms with Gasteiger partial charge < -0.3 is 9.63 Å². The Labute approximate surface area is 171 Å². The van der Waals surface area contributed by atoms with Crippen LogP contribution in [0.25, 0.3) is 10.6 Å². The topological polar surface area (TPSA) is 110 Å². The number of carbonyl (C=O) groups is 1. The average molecular weight is 439 g/mol. The van der Waals surface area contributed by atoms with Crippen molar-refractivity contribution in [2.45, 2.75) is 36.2 Å². The second kappa shape index (κ2) is 8.05. The number of carboxylic acids is 1. The standard InChI is InChI=1S/C19H19FN2O5S2/c1-12(13-6-4-3-5-7-13)19(2,18(23)24)22-29(25,26)17-9-8-16(28-17)15-10-14(11-20)27-21-15/h3-10,12,22H,11H2,1-2H3,(H,23,24)/t12-,19+/m1/s1. The zero-order valence-corrected chi connectivity index (χ0v) is 17.3. The van der Waals surface area contributed by atoms with Crippen molar-refractivity contribution in [1.82, 2.24) is 9.88 Å². The minimum Gasteiger partial charge on any atom is -0.480 e. The third-order valence-corrected chi connectivity index (χ3v) is 7.91. The van der Waals surface area contributed by atoms with Crippen LogP contribution in [0.2, 0.25) is 0 Å². The predicted octanol–water partition coefficient (Wildman–Crippen LogP) is 3.80. The van der Waals surface area contributed by atoms with Crippen molar-refractivity contribution < 1.29 is 27.2 Å². The first-order valence-corrected chi connectivity index (χ1v) is 10.9. The van der Waals surface area contributed by atoms with Crippen LogP contribution in [0.3, 0.4) is 0 Å². The summed E-state index contributed by atoms with van der Waals surface area (Å²) in [5.41, 5.74) is -0.782.